The van der Waals surface area contributed by atoms with E-state index in [1.54, 1.807) is 18.2 Å². The maximum Gasteiger partial charge on any atom is 0.130 e. The highest BCUT2D eigenvalue weighted by molar-refractivity contribution is 9.10. The third-order valence-electron chi connectivity index (χ3n) is 3.35. The lowest BCUT2D eigenvalue weighted by molar-refractivity contribution is 0.0638. The SMILES string of the molecule is OC1CC(c2cc(F)ccc2F)Oc2cc(Br)ccc21. The lowest BCUT2D eigenvalue weighted by atomic mass is 9.95. The summed E-state index contributed by atoms with van der Waals surface area (Å²) in [6.07, 6.45) is -1.28. The zero-order valence-electron chi connectivity index (χ0n) is 10.3. The highest BCUT2D eigenvalue weighted by Crippen LogP contribution is 2.42. The Labute approximate surface area is 123 Å². The fraction of sp³-hybridized carbons (Fsp3) is 0.200. The molecule has 5 heteroatoms. The zero-order chi connectivity index (χ0) is 14.3. The predicted molar refractivity (Wildman–Crippen MR) is 73.4 cm³/mol. The van der Waals surface area contributed by atoms with E-state index in [0.29, 0.717) is 11.3 Å². The molecule has 3 rings (SSSR count). The largest absolute Gasteiger partial charge is 0.485 e. The molecule has 1 heterocycles. The molecule has 0 saturated heterocycles. The third-order valence-corrected chi connectivity index (χ3v) is 3.84. The second kappa shape index (κ2) is 5.14. The number of halogens is 3. The van der Waals surface area contributed by atoms with Gasteiger partial charge in [-0.15, -0.1) is 0 Å². The van der Waals surface area contributed by atoms with Crippen molar-refractivity contribution in [2.45, 2.75) is 18.6 Å². The normalized spacial score (nSPS) is 21.2. The predicted octanol–water partition coefficient (Wildman–Crippen LogP) is 4.28. The van der Waals surface area contributed by atoms with Crippen molar-refractivity contribution in [3.63, 3.8) is 0 Å². The zero-order valence-corrected chi connectivity index (χ0v) is 11.9. The number of benzene rings is 2. The second-order valence-electron chi connectivity index (χ2n) is 4.71. The van der Waals surface area contributed by atoms with Crippen LogP contribution < -0.4 is 4.74 Å². The lowest BCUT2D eigenvalue weighted by Crippen LogP contribution is -2.20. The minimum atomic E-state index is -0.764. The van der Waals surface area contributed by atoms with Gasteiger partial charge in [-0.2, -0.15) is 0 Å². The summed E-state index contributed by atoms with van der Waals surface area (Å²) in [7, 11) is 0. The molecule has 20 heavy (non-hydrogen) atoms. The van der Waals surface area contributed by atoms with Crippen LogP contribution in [0.5, 0.6) is 5.75 Å². The Kier molecular flexibility index (Phi) is 3.48. The fourth-order valence-electron chi connectivity index (χ4n) is 2.37. The Balaban J connectivity index is 2.00. The molecular weight excluding hydrogens is 330 g/mol. The van der Waals surface area contributed by atoms with Crippen LogP contribution >= 0.6 is 15.9 Å². The molecule has 1 N–H and O–H groups in total. The van der Waals surface area contributed by atoms with Crippen LogP contribution in [0.4, 0.5) is 8.78 Å². The van der Waals surface area contributed by atoms with Crippen molar-refractivity contribution in [3.05, 3.63) is 63.6 Å². The molecule has 0 amide bonds. The molecule has 2 atom stereocenters. The summed E-state index contributed by atoms with van der Waals surface area (Å²) in [4.78, 5) is 0. The molecule has 0 saturated carbocycles. The van der Waals surface area contributed by atoms with Crippen LogP contribution in [0.15, 0.2) is 40.9 Å². The molecule has 0 aliphatic carbocycles. The van der Waals surface area contributed by atoms with Crippen molar-refractivity contribution in [1.29, 1.82) is 0 Å². The van der Waals surface area contributed by atoms with E-state index in [0.717, 1.165) is 22.7 Å². The number of rotatable bonds is 1. The molecule has 0 spiro atoms. The summed E-state index contributed by atoms with van der Waals surface area (Å²) in [6.45, 7) is 0. The Morgan fingerprint density at radius 3 is 2.70 bits per heavy atom. The van der Waals surface area contributed by atoms with Crippen molar-refractivity contribution in [2.24, 2.45) is 0 Å². The first-order chi connectivity index (χ1) is 9.54. The van der Waals surface area contributed by atoms with Crippen molar-refractivity contribution >= 4 is 15.9 Å². The van der Waals surface area contributed by atoms with Gasteiger partial charge in [0.15, 0.2) is 0 Å². The van der Waals surface area contributed by atoms with E-state index >= 15 is 0 Å². The van der Waals surface area contributed by atoms with Crippen molar-refractivity contribution in [1.82, 2.24) is 0 Å². The molecule has 0 aromatic heterocycles. The highest BCUT2D eigenvalue weighted by atomic mass is 79.9. The Bertz CT molecular complexity index is 660. The maximum atomic E-state index is 13.8. The molecule has 1 aliphatic rings. The van der Waals surface area contributed by atoms with Gasteiger partial charge in [0.25, 0.3) is 0 Å². The molecule has 104 valence electrons. The summed E-state index contributed by atoms with van der Waals surface area (Å²) in [5, 5.41) is 10.1. The summed E-state index contributed by atoms with van der Waals surface area (Å²) < 4.78 is 33.6. The van der Waals surface area contributed by atoms with E-state index in [-0.39, 0.29) is 12.0 Å². The smallest absolute Gasteiger partial charge is 0.130 e. The fourth-order valence-corrected chi connectivity index (χ4v) is 2.71. The van der Waals surface area contributed by atoms with Crippen LogP contribution in [0.1, 0.15) is 29.8 Å². The van der Waals surface area contributed by atoms with Gasteiger partial charge in [0.2, 0.25) is 0 Å². The number of ether oxygens (including phenoxy) is 1. The average Bonchev–Trinajstić information content (AvgIpc) is 2.41. The Morgan fingerprint density at radius 1 is 1.10 bits per heavy atom. The topological polar surface area (TPSA) is 29.5 Å². The Morgan fingerprint density at radius 2 is 1.90 bits per heavy atom. The first-order valence-electron chi connectivity index (χ1n) is 6.13. The summed E-state index contributed by atoms with van der Waals surface area (Å²) in [5.74, 6) is -0.589. The first kappa shape index (κ1) is 13.5. The van der Waals surface area contributed by atoms with Crippen LogP contribution in [-0.4, -0.2) is 5.11 Å². The minimum Gasteiger partial charge on any atom is -0.485 e. The molecule has 2 aromatic rings. The van der Waals surface area contributed by atoms with E-state index in [2.05, 4.69) is 15.9 Å². The Hall–Kier alpha value is -1.46. The molecule has 0 fully saturated rings. The molecule has 2 aromatic carbocycles. The van der Waals surface area contributed by atoms with E-state index in [9.17, 15) is 13.9 Å². The number of hydrogen-bond acceptors (Lipinski definition) is 2. The first-order valence-corrected chi connectivity index (χ1v) is 6.93. The van der Waals surface area contributed by atoms with Gasteiger partial charge in [-0.1, -0.05) is 22.0 Å². The molecule has 0 bridgehead atoms. The van der Waals surface area contributed by atoms with Gasteiger partial charge >= 0.3 is 0 Å². The van der Waals surface area contributed by atoms with Gasteiger partial charge in [-0.05, 0) is 30.3 Å². The standard InChI is InChI=1S/C15H11BrF2O2/c16-8-1-3-10-13(19)7-15(20-14(10)5-8)11-6-9(17)2-4-12(11)18/h1-6,13,15,19H,7H2. The third kappa shape index (κ3) is 2.43. The number of aliphatic hydroxyl groups excluding tert-OH is 1. The maximum absolute atomic E-state index is 13.8. The van der Waals surface area contributed by atoms with Gasteiger partial charge in [0.05, 0.1) is 6.10 Å². The van der Waals surface area contributed by atoms with E-state index in [1.807, 2.05) is 0 Å². The molecule has 2 unspecified atom stereocenters. The molecule has 0 radical (unpaired) electrons. The summed E-state index contributed by atoms with van der Waals surface area (Å²) in [5.41, 5.74) is 0.774. The number of aliphatic hydroxyl groups is 1. The van der Waals surface area contributed by atoms with Crippen LogP contribution in [0.3, 0.4) is 0 Å². The van der Waals surface area contributed by atoms with Crippen LogP contribution in [0.2, 0.25) is 0 Å². The summed E-state index contributed by atoms with van der Waals surface area (Å²) >= 11 is 3.32. The average molecular weight is 341 g/mol. The van der Waals surface area contributed by atoms with Gasteiger partial charge in [0.1, 0.15) is 23.5 Å². The highest BCUT2D eigenvalue weighted by Gasteiger charge is 2.30. The monoisotopic (exact) mass is 340 g/mol. The lowest BCUT2D eigenvalue weighted by Gasteiger charge is -2.30. The van der Waals surface area contributed by atoms with Crippen molar-refractivity contribution in [3.8, 4) is 5.75 Å². The van der Waals surface area contributed by atoms with E-state index in [1.165, 1.54) is 0 Å². The van der Waals surface area contributed by atoms with Crippen molar-refractivity contribution < 1.29 is 18.6 Å². The van der Waals surface area contributed by atoms with Crippen LogP contribution in [-0.2, 0) is 0 Å². The quantitative estimate of drug-likeness (QED) is 0.839. The van der Waals surface area contributed by atoms with Crippen LogP contribution in [0, 0.1) is 11.6 Å². The molecule has 2 nitrogen and oxygen atoms in total. The van der Waals surface area contributed by atoms with Crippen LogP contribution in [0.25, 0.3) is 0 Å². The molecular formula is C15H11BrF2O2. The van der Waals surface area contributed by atoms with Gasteiger partial charge in [-0.3, -0.25) is 0 Å². The number of hydrogen-bond donors (Lipinski definition) is 1. The molecule has 1 aliphatic heterocycles. The van der Waals surface area contributed by atoms with Gasteiger partial charge in [0, 0.05) is 22.0 Å². The number of fused-ring (bicyclic) bond motifs is 1. The van der Waals surface area contributed by atoms with E-state index < -0.39 is 23.8 Å². The van der Waals surface area contributed by atoms with Crippen molar-refractivity contribution in [2.75, 3.05) is 0 Å². The van der Waals surface area contributed by atoms with E-state index in [4.69, 9.17) is 4.74 Å². The van der Waals surface area contributed by atoms with Gasteiger partial charge in [-0.25, -0.2) is 8.78 Å². The second-order valence-corrected chi connectivity index (χ2v) is 5.62. The summed E-state index contributed by atoms with van der Waals surface area (Å²) in [6, 6.07) is 8.49. The van der Waals surface area contributed by atoms with Gasteiger partial charge < -0.3 is 9.84 Å². The minimum absolute atomic E-state index is 0.120.